The number of hydrazone groups is 1. The van der Waals surface area contributed by atoms with Crippen LogP contribution in [-0.2, 0) is 6.42 Å². The Bertz CT molecular complexity index is 631. The molecule has 0 bridgehead atoms. The monoisotopic (exact) mass is 275 g/mol. The fourth-order valence-corrected chi connectivity index (χ4v) is 2.03. The highest BCUT2D eigenvalue weighted by atomic mass is 32.1. The van der Waals surface area contributed by atoms with Crippen molar-refractivity contribution < 1.29 is 4.42 Å². The Kier molecular flexibility index (Phi) is 4.16. The second-order valence-corrected chi connectivity index (χ2v) is 4.56. The number of furan rings is 1. The van der Waals surface area contributed by atoms with E-state index in [1.54, 1.807) is 7.05 Å². The van der Waals surface area contributed by atoms with E-state index >= 15 is 0 Å². The normalized spacial score (nSPS) is 11.6. The highest BCUT2D eigenvalue weighted by Crippen LogP contribution is 2.26. The number of fused-ring (bicyclic) bond motifs is 1. The summed E-state index contributed by atoms with van der Waals surface area (Å²) in [7, 11) is 1.75. The lowest BCUT2D eigenvalue weighted by atomic mass is 10.1. The number of nitrogens with zero attached hydrogens (tertiary/aromatic N) is 1. The summed E-state index contributed by atoms with van der Waals surface area (Å²) in [5, 5.41) is 8.67. The van der Waals surface area contributed by atoms with Gasteiger partial charge in [-0.2, -0.15) is 5.10 Å². The first kappa shape index (κ1) is 13.5. The molecule has 100 valence electrons. The van der Waals surface area contributed by atoms with E-state index in [9.17, 15) is 0 Å². The zero-order chi connectivity index (χ0) is 13.8. The van der Waals surface area contributed by atoms with Crippen molar-refractivity contribution in [2.45, 2.75) is 20.3 Å². The van der Waals surface area contributed by atoms with E-state index in [-0.39, 0.29) is 0 Å². The third kappa shape index (κ3) is 2.76. The van der Waals surface area contributed by atoms with Crippen LogP contribution in [0.25, 0.3) is 11.0 Å². The van der Waals surface area contributed by atoms with Crippen LogP contribution in [0, 0.1) is 0 Å². The molecule has 5 heteroatoms. The minimum absolute atomic E-state index is 0.480. The molecule has 1 aromatic carbocycles. The summed E-state index contributed by atoms with van der Waals surface area (Å²) in [6.45, 7) is 4.02. The van der Waals surface area contributed by atoms with Crippen LogP contribution in [0.3, 0.4) is 0 Å². The smallest absolute Gasteiger partial charge is 0.186 e. The molecule has 0 atom stereocenters. The summed E-state index contributed by atoms with van der Waals surface area (Å²) in [4.78, 5) is 0. The Hall–Kier alpha value is -1.88. The molecule has 0 spiro atoms. The molecule has 0 fully saturated rings. The molecule has 0 aliphatic rings. The molecule has 1 aromatic heterocycles. The second kappa shape index (κ2) is 5.84. The quantitative estimate of drug-likeness (QED) is 0.514. The zero-order valence-electron chi connectivity index (χ0n) is 11.3. The van der Waals surface area contributed by atoms with Gasteiger partial charge in [0.1, 0.15) is 11.3 Å². The van der Waals surface area contributed by atoms with Crippen molar-refractivity contribution in [3.63, 3.8) is 0 Å². The number of nitrogens with one attached hydrogen (secondary N) is 2. The lowest BCUT2D eigenvalue weighted by Gasteiger charge is -2.03. The predicted molar refractivity (Wildman–Crippen MR) is 82.6 cm³/mol. The molecule has 0 saturated carbocycles. The van der Waals surface area contributed by atoms with Crippen LogP contribution in [0.1, 0.15) is 25.2 Å². The third-order valence-corrected chi connectivity index (χ3v) is 3.23. The number of hydrogen-bond acceptors (Lipinski definition) is 3. The molecule has 0 unspecified atom stereocenters. The first-order valence-electron chi connectivity index (χ1n) is 6.20. The van der Waals surface area contributed by atoms with Crippen molar-refractivity contribution in [3.05, 3.63) is 35.6 Å². The van der Waals surface area contributed by atoms with Crippen LogP contribution in [0.5, 0.6) is 0 Å². The Morgan fingerprint density at radius 2 is 2.11 bits per heavy atom. The number of benzene rings is 1. The standard InChI is InChI=1S/C14H17N3OS/c1-4-10-11-7-5-6-8-12(11)18-13(10)9(2)16-17-14(19)15-3/h5-8H,4H2,1-3H3,(H2,15,17,19). The van der Waals surface area contributed by atoms with Gasteiger partial charge in [-0.25, -0.2) is 0 Å². The van der Waals surface area contributed by atoms with Crippen LogP contribution in [-0.4, -0.2) is 17.9 Å². The van der Waals surface area contributed by atoms with Crippen molar-refractivity contribution in [1.82, 2.24) is 10.7 Å². The number of hydrogen-bond donors (Lipinski definition) is 2. The van der Waals surface area contributed by atoms with E-state index in [1.165, 1.54) is 5.56 Å². The average molecular weight is 275 g/mol. The van der Waals surface area contributed by atoms with Crippen LogP contribution in [0.4, 0.5) is 0 Å². The van der Waals surface area contributed by atoms with E-state index in [0.717, 1.165) is 28.9 Å². The fourth-order valence-electron chi connectivity index (χ4n) is 1.98. The van der Waals surface area contributed by atoms with Gasteiger partial charge in [0.2, 0.25) is 0 Å². The van der Waals surface area contributed by atoms with Gasteiger partial charge in [0, 0.05) is 18.0 Å². The highest BCUT2D eigenvalue weighted by Gasteiger charge is 2.14. The first-order chi connectivity index (χ1) is 9.17. The molecular formula is C14H17N3OS. The van der Waals surface area contributed by atoms with E-state index in [4.69, 9.17) is 16.6 Å². The minimum atomic E-state index is 0.480. The van der Waals surface area contributed by atoms with Crippen LogP contribution in [0.15, 0.2) is 33.8 Å². The maximum Gasteiger partial charge on any atom is 0.186 e. The molecule has 0 aliphatic carbocycles. The van der Waals surface area contributed by atoms with E-state index in [2.05, 4.69) is 28.8 Å². The third-order valence-electron chi connectivity index (χ3n) is 2.93. The van der Waals surface area contributed by atoms with Crippen molar-refractivity contribution in [1.29, 1.82) is 0 Å². The topological polar surface area (TPSA) is 49.6 Å². The minimum Gasteiger partial charge on any atom is -0.454 e. The molecule has 0 saturated heterocycles. The molecule has 2 N–H and O–H groups in total. The van der Waals surface area contributed by atoms with Gasteiger partial charge in [-0.15, -0.1) is 0 Å². The van der Waals surface area contributed by atoms with Gasteiger partial charge in [-0.05, 0) is 31.6 Å². The van der Waals surface area contributed by atoms with Gasteiger partial charge in [0.25, 0.3) is 0 Å². The van der Waals surface area contributed by atoms with E-state index in [0.29, 0.717) is 5.11 Å². The Balaban J connectivity index is 2.41. The van der Waals surface area contributed by atoms with Crippen LogP contribution >= 0.6 is 12.2 Å². The Morgan fingerprint density at radius 3 is 2.79 bits per heavy atom. The molecule has 0 radical (unpaired) electrons. The van der Waals surface area contributed by atoms with E-state index < -0.39 is 0 Å². The van der Waals surface area contributed by atoms with Gasteiger partial charge in [-0.3, -0.25) is 5.43 Å². The number of thiocarbonyl (C=S) groups is 1. The van der Waals surface area contributed by atoms with Gasteiger partial charge in [0.05, 0.1) is 0 Å². The summed E-state index contributed by atoms with van der Waals surface area (Å²) in [5.74, 6) is 0.815. The lowest BCUT2D eigenvalue weighted by molar-refractivity contribution is 0.598. The van der Waals surface area contributed by atoms with Gasteiger partial charge in [-0.1, -0.05) is 25.1 Å². The molecule has 0 amide bonds. The van der Waals surface area contributed by atoms with Gasteiger partial charge in [0.15, 0.2) is 10.9 Å². The largest absolute Gasteiger partial charge is 0.454 e. The van der Waals surface area contributed by atoms with Crippen molar-refractivity contribution in [2.24, 2.45) is 5.10 Å². The molecule has 4 nitrogen and oxygen atoms in total. The lowest BCUT2D eigenvalue weighted by Crippen LogP contribution is -2.29. The maximum atomic E-state index is 5.88. The molecule has 2 aromatic rings. The summed E-state index contributed by atoms with van der Waals surface area (Å²) in [5.41, 5.74) is 5.62. The van der Waals surface area contributed by atoms with Crippen molar-refractivity contribution >= 4 is 34.0 Å². The van der Waals surface area contributed by atoms with Gasteiger partial charge >= 0.3 is 0 Å². The summed E-state index contributed by atoms with van der Waals surface area (Å²) >= 11 is 4.99. The van der Waals surface area contributed by atoms with Crippen molar-refractivity contribution in [3.8, 4) is 0 Å². The second-order valence-electron chi connectivity index (χ2n) is 4.15. The van der Waals surface area contributed by atoms with Crippen LogP contribution < -0.4 is 10.7 Å². The fraction of sp³-hybridized carbons (Fsp3) is 0.286. The number of aryl methyl sites for hydroxylation is 1. The molecule has 2 rings (SSSR count). The Morgan fingerprint density at radius 1 is 1.37 bits per heavy atom. The molecule has 1 heterocycles. The average Bonchev–Trinajstić information content (AvgIpc) is 2.82. The molecule has 0 aliphatic heterocycles. The molecular weight excluding hydrogens is 258 g/mol. The number of para-hydroxylation sites is 1. The highest BCUT2D eigenvalue weighted by molar-refractivity contribution is 7.80. The summed E-state index contributed by atoms with van der Waals surface area (Å²) < 4.78 is 5.88. The maximum absolute atomic E-state index is 5.88. The van der Waals surface area contributed by atoms with Crippen molar-refractivity contribution in [2.75, 3.05) is 7.05 Å². The summed E-state index contributed by atoms with van der Waals surface area (Å²) in [6, 6.07) is 8.02. The first-order valence-corrected chi connectivity index (χ1v) is 6.61. The van der Waals surface area contributed by atoms with Crippen LogP contribution in [0.2, 0.25) is 0 Å². The Labute approximate surface area is 117 Å². The zero-order valence-corrected chi connectivity index (χ0v) is 12.1. The predicted octanol–water partition coefficient (Wildman–Crippen LogP) is 2.81. The summed E-state index contributed by atoms with van der Waals surface area (Å²) in [6.07, 6.45) is 0.898. The van der Waals surface area contributed by atoms with E-state index in [1.807, 2.05) is 25.1 Å². The van der Waals surface area contributed by atoms with Gasteiger partial charge < -0.3 is 9.73 Å². The molecule has 19 heavy (non-hydrogen) atoms. The number of rotatable bonds is 3. The SMILES string of the molecule is CCc1c(C(C)=NNC(=S)NC)oc2ccccc12.